The Labute approximate surface area is 123 Å². The van der Waals surface area contributed by atoms with Crippen LogP contribution < -0.4 is 0 Å². The average molecular weight is 298 g/mol. The SMILES string of the molecule is C=C1C(=O)OC2C=C(C)C(O)CCC(C)(O)C(O)C(O)C12. The van der Waals surface area contributed by atoms with E-state index in [-0.39, 0.29) is 18.4 Å². The van der Waals surface area contributed by atoms with E-state index in [1.165, 1.54) is 6.92 Å². The summed E-state index contributed by atoms with van der Waals surface area (Å²) in [6.07, 6.45) is -2.58. The number of hydrogen-bond donors (Lipinski definition) is 4. The molecule has 0 saturated carbocycles. The second-order valence-electron chi connectivity index (χ2n) is 6.18. The topological polar surface area (TPSA) is 107 Å². The lowest BCUT2D eigenvalue weighted by Gasteiger charge is -2.36. The van der Waals surface area contributed by atoms with Gasteiger partial charge in [0.25, 0.3) is 0 Å². The summed E-state index contributed by atoms with van der Waals surface area (Å²) < 4.78 is 5.14. The molecule has 0 bridgehead atoms. The van der Waals surface area contributed by atoms with Crippen LogP contribution in [0.1, 0.15) is 26.7 Å². The van der Waals surface area contributed by atoms with Gasteiger partial charge in [-0.1, -0.05) is 6.58 Å². The molecule has 6 unspecified atom stereocenters. The minimum absolute atomic E-state index is 0.0569. The molecule has 6 atom stereocenters. The first-order chi connectivity index (χ1) is 9.65. The minimum Gasteiger partial charge on any atom is -0.454 e. The highest BCUT2D eigenvalue weighted by atomic mass is 16.6. The van der Waals surface area contributed by atoms with Crippen molar-refractivity contribution < 1.29 is 30.0 Å². The number of carbonyl (C=O) groups excluding carboxylic acids is 1. The highest BCUT2D eigenvalue weighted by Crippen LogP contribution is 2.36. The number of aliphatic hydroxyl groups is 4. The second-order valence-corrected chi connectivity index (χ2v) is 6.18. The maximum atomic E-state index is 11.7. The van der Waals surface area contributed by atoms with Crippen molar-refractivity contribution in [3.05, 3.63) is 23.8 Å². The molecule has 0 aromatic carbocycles. The molecule has 6 heteroatoms. The second kappa shape index (κ2) is 5.53. The lowest BCUT2D eigenvalue weighted by Crippen LogP contribution is -2.51. The summed E-state index contributed by atoms with van der Waals surface area (Å²) in [5, 5.41) is 40.9. The van der Waals surface area contributed by atoms with Crippen molar-refractivity contribution >= 4 is 5.97 Å². The maximum Gasteiger partial charge on any atom is 0.334 e. The van der Waals surface area contributed by atoms with Gasteiger partial charge in [-0.15, -0.1) is 0 Å². The van der Waals surface area contributed by atoms with Gasteiger partial charge in [0.15, 0.2) is 0 Å². The third kappa shape index (κ3) is 2.89. The zero-order chi connectivity index (χ0) is 15.9. The van der Waals surface area contributed by atoms with Crippen molar-refractivity contribution in [1.82, 2.24) is 0 Å². The molecule has 0 aromatic rings. The summed E-state index contributed by atoms with van der Waals surface area (Å²) in [4.78, 5) is 11.7. The van der Waals surface area contributed by atoms with Gasteiger partial charge in [0.2, 0.25) is 0 Å². The molecule has 2 aliphatic rings. The van der Waals surface area contributed by atoms with Gasteiger partial charge in [-0.3, -0.25) is 0 Å². The van der Waals surface area contributed by atoms with E-state index in [0.29, 0.717) is 5.57 Å². The first-order valence-corrected chi connectivity index (χ1v) is 7.00. The first-order valence-electron chi connectivity index (χ1n) is 7.00. The molecule has 118 valence electrons. The molecular formula is C15H22O6. The Morgan fingerprint density at radius 1 is 1.38 bits per heavy atom. The number of esters is 1. The predicted molar refractivity (Wildman–Crippen MR) is 74.1 cm³/mol. The Bertz CT molecular complexity index is 481. The highest BCUT2D eigenvalue weighted by molar-refractivity contribution is 5.91. The molecule has 0 aromatic heterocycles. The standard InChI is InChI=1S/C15H22O6/c1-7-6-10-11(8(2)14(19)21-10)12(17)13(18)15(3,20)5-4-9(7)16/h6,9-13,16-18,20H,2,4-5H2,1,3H3. The Kier molecular flexibility index (Phi) is 4.26. The van der Waals surface area contributed by atoms with Gasteiger partial charge in [0.05, 0.1) is 23.7 Å². The number of rotatable bonds is 0. The fourth-order valence-corrected chi connectivity index (χ4v) is 2.88. The van der Waals surface area contributed by atoms with Crippen molar-refractivity contribution in [1.29, 1.82) is 0 Å². The van der Waals surface area contributed by atoms with E-state index in [1.807, 2.05) is 0 Å². The molecule has 4 N–H and O–H groups in total. The molecule has 0 spiro atoms. The van der Waals surface area contributed by atoms with Gasteiger partial charge < -0.3 is 25.2 Å². The molecule has 1 heterocycles. The van der Waals surface area contributed by atoms with Crippen molar-refractivity contribution in [2.24, 2.45) is 5.92 Å². The molecule has 21 heavy (non-hydrogen) atoms. The monoisotopic (exact) mass is 298 g/mol. The van der Waals surface area contributed by atoms with Crippen LogP contribution in [0.4, 0.5) is 0 Å². The summed E-state index contributed by atoms with van der Waals surface area (Å²) in [6, 6.07) is 0. The number of carbonyl (C=O) groups is 1. The zero-order valence-corrected chi connectivity index (χ0v) is 12.2. The quantitative estimate of drug-likeness (QED) is 0.277. The Morgan fingerprint density at radius 2 is 2.00 bits per heavy atom. The molecular weight excluding hydrogens is 276 g/mol. The smallest absolute Gasteiger partial charge is 0.334 e. The summed E-state index contributed by atoms with van der Waals surface area (Å²) in [7, 11) is 0. The normalized spacial score (nSPS) is 44.9. The lowest BCUT2D eigenvalue weighted by atomic mass is 9.78. The van der Waals surface area contributed by atoms with Crippen LogP contribution in [0.2, 0.25) is 0 Å². The van der Waals surface area contributed by atoms with Gasteiger partial charge in [0.1, 0.15) is 12.2 Å². The molecule has 0 radical (unpaired) electrons. The van der Waals surface area contributed by atoms with Gasteiger partial charge in [-0.25, -0.2) is 4.79 Å². The fourth-order valence-electron chi connectivity index (χ4n) is 2.88. The first kappa shape index (κ1) is 16.2. The Hall–Kier alpha value is -1.21. The number of fused-ring (bicyclic) bond motifs is 1. The van der Waals surface area contributed by atoms with Gasteiger partial charge >= 0.3 is 5.97 Å². The van der Waals surface area contributed by atoms with E-state index in [4.69, 9.17) is 4.74 Å². The number of aliphatic hydroxyl groups excluding tert-OH is 3. The van der Waals surface area contributed by atoms with Crippen molar-refractivity contribution in [2.45, 2.75) is 56.7 Å². The van der Waals surface area contributed by atoms with Gasteiger partial charge in [-0.2, -0.15) is 0 Å². The molecule has 0 amide bonds. The zero-order valence-electron chi connectivity index (χ0n) is 12.2. The van der Waals surface area contributed by atoms with Crippen LogP contribution in [-0.4, -0.2) is 56.4 Å². The van der Waals surface area contributed by atoms with Crippen LogP contribution in [0, 0.1) is 5.92 Å². The molecule has 6 nitrogen and oxygen atoms in total. The Morgan fingerprint density at radius 3 is 2.62 bits per heavy atom. The molecule has 1 fully saturated rings. The van der Waals surface area contributed by atoms with E-state index in [2.05, 4.69) is 6.58 Å². The predicted octanol–water partition coefficient (Wildman–Crippen LogP) is -0.342. The molecule has 1 aliphatic heterocycles. The third-order valence-corrected chi connectivity index (χ3v) is 4.47. The summed E-state index contributed by atoms with van der Waals surface area (Å²) in [6.45, 7) is 6.69. The largest absolute Gasteiger partial charge is 0.454 e. The van der Waals surface area contributed by atoms with Crippen LogP contribution in [0.15, 0.2) is 23.8 Å². The third-order valence-electron chi connectivity index (χ3n) is 4.47. The average Bonchev–Trinajstić information content (AvgIpc) is 2.68. The summed E-state index contributed by atoms with van der Waals surface area (Å²) in [5.74, 6) is -1.49. The van der Waals surface area contributed by atoms with E-state index >= 15 is 0 Å². The van der Waals surface area contributed by atoms with Crippen LogP contribution in [-0.2, 0) is 9.53 Å². The van der Waals surface area contributed by atoms with E-state index < -0.39 is 41.9 Å². The molecule has 1 saturated heterocycles. The minimum atomic E-state index is -1.59. The van der Waals surface area contributed by atoms with E-state index in [1.54, 1.807) is 13.0 Å². The summed E-state index contributed by atoms with van der Waals surface area (Å²) in [5.41, 5.74) is -0.942. The van der Waals surface area contributed by atoms with Crippen LogP contribution in [0.5, 0.6) is 0 Å². The highest BCUT2D eigenvalue weighted by Gasteiger charge is 2.48. The maximum absolute atomic E-state index is 11.7. The van der Waals surface area contributed by atoms with Crippen LogP contribution in [0.25, 0.3) is 0 Å². The fraction of sp³-hybridized carbons (Fsp3) is 0.667. The lowest BCUT2D eigenvalue weighted by molar-refractivity contribution is -0.143. The number of ether oxygens (including phenoxy) is 1. The number of hydrogen-bond acceptors (Lipinski definition) is 6. The van der Waals surface area contributed by atoms with E-state index in [0.717, 1.165) is 0 Å². The van der Waals surface area contributed by atoms with Crippen molar-refractivity contribution in [2.75, 3.05) is 0 Å². The van der Waals surface area contributed by atoms with Gasteiger partial charge in [0, 0.05) is 5.57 Å². The van der Waals surface area contributed by atoms with Crippen LogP contribution >= 0.6 is 0 Å². The van der Waals surface area contributed by atoms with E-state index in [9.17, 15) is 25.2 Å². The molecule has 1 aliphatic carbocycles. The summed E-state index contributed by atoms with van der Waals surface area (Å²) >= 11 is 0. The van der Waals surface area contributed by atoms with Crippen molar-refractivity contribution in [3.8, 4) is 0 Å². The van der Waals surface area contributed by atoms with Crippen LogP contribution in [0.3, 0.4) is 0 Å². The molecule has 2 rings (SSSR count). The van der Waals surface area contributed by atoms with Crippen molar-refractivity contribution in [3.63, 3.8) is 0 Å². The van der Waals surface area contributed by atoms with Gasteiger partial charge in [-0.05, 0) is 38.3 Å². The Balaban J connectivity index is 2.45.